The maximum atomic E-state index is 12.3. The summed E-state index contributed by atoms with van der Waals surface area (Å²) in [6.07, 6.45) is 0.701. The molecule has 2 aromatic rings. The molecule has 0 aliphatic heterocycles. The second-order valence-electron chi connectivity index (χ2n) is 5.43. The summed E-state index contributed by atoms with van der Waals surface area (Å²) in [7, 11) is 1.57. The van der Waals surface area contributed by atoms with Gasteiger partial charge in [0.15, 0.2) is 0 Å². The van der Waals surface area contributed by atoms with Gasteiger partial charge in [-0.3, -0.25) is 9.59 Å². The Morgan fingerprint density at radius 1 is 1.08 bits per heavy atom. The standard InChI is InChI=1S/C19H19N3O2/c1-21-18(23)12-17(11-14-7-9-15(13-20)10-8-14)22-19(24)16-5-3-2-4-6-16/h2-10,17H,11-12H2,1H3,(H,21,23)(H,22,24). The highest BCUT2D eigenvalue weighted by atomic mass is 16.2. The van der Waals surface area contributed by atoms with Crippen LogP contribution < -0.4 is 10.6 Å². The van der Waals surface area contributed by atoms with Crippen LogP contribution in [-0.2, 0) is 11.2 Å². The molecule has 0 heterocycles. The molecule has 5 nitrogen and oxygen atoms in total. The van der Waals surface area contributed by atoms with Crippen LogP contribution >= 0.6 is 0 Å². The average molecular weight is 321 g/mol. The van der Waals surface area contributed by atoms with E-state index in [0.717, 1.165) is 5.56 Å². The number of hydrogen-bond acceptors (Lipinski definition) is 3. The van der Waals surface area contributed by atoms with Gasteiger partial charge in [0, 0.05) is 25.1 Å². The molecule has 0 saturated heterocycles. The number of nitriles is 1. The van der Waals surface area contributed by atoms with E-state index in [4.69, 9.17) is 5.26 Å². The van der Waals surface area contributed by atoms with E-state index >= 15 is 0 Å². The molecule has 5 heteroatoms. The van der Waals surface area contributed by atoms with E-state index in [1.165, 1.54) is 0 Å². The van der Waals surface area contributed by atoms with E-state index < -0.39 is 0 Å². The van der Waals surface area contributed by atoms with Gasteiger partial charge in [0.25, 0.3) is 5.91 Å². The van der Waals surface area contributed by atoms with Crippen molar-refractivity contribution in [1.29, 1.82) is 5.26 Å². The highest BCUT2D eigenvalue weighted by Crippen LogP contribution is 2.09. The Bertz CT molecular complexity index is 733. The molecular weight excluding hydrogens is 302 g/mol. The van der Waals surface area contributed by atoms with E-state index in [9.17, 15) is 9.59 Å². The first-order chi connectivity index (χ1) is 11.6. The van der Waals surface area contributed by atoms with Crippen molar-refractivity contribution >= 4 is 11.8 Å². The smallest absolute Gasteiger partial charge is 0.251 e. The molecule has 2 N–H and O–H groups in total. The van der Waals surface area contributed by atoms with Crippen molar-refractivity contribution in [2.45, 2.75) is 18.9 Å². The molecule has 2 aromatic carbocycles. The van der Waals surface area contributed by atoms with Gasteiger partial charge in [-0.2, -0.15) is 5.26 Å². The first kappa shape index (κ1) is 17.2. The van der Waals surface area contributed by atoms with Crippen molar-refractivity contribution in [2.75, 3.05) is 7.05 Å². The zero-order chi connectivity index (χ0) is 17.4. The van der Waals surface area contributed by atoms with Crippen LogP contribution in [-0.4, -0.2) is 24.9 Å². The lowest BCUT2D eigenvalue weighted by Gasteiger charge is -2.18. The van der Waals surface area contributed by atoms with Gasteiger partial charge in [-0.05, 0) is 36.2 Å². The summed E-state index contributed by atoms with van der Waals surface area (Å²) in [5.41, 5.74) is 2.09. The lowest BCUT2D eigenvalue weighted by molar-refractivity contribution is -0.121. The molecule has 2 rings (SSSR count). The van der Waals surface area contributed by atoms with Crippen LogP contribution in [0.1, 0.15) is 27.9 Å². The van der Waals surface area contributed by atoms with Gasteiger partial charge >= 0.3 is 0 Å². The van der Waals surface area contributed by atoms with Crippen LogP contribution in [0.5, 0.6) is 0 Å². The number of hydrogen-bond donors (Lipinski definition) is 2. The Balaban J connectivity index is 2.10. The van der Waals surface area contributed by atoms with Crippen molar-refractivity contribution in [2.24, 2.45) is 0 Å². The number of nitrogens with zero attached hydrogens (tertiary/aromatic N) is 1. The Kier molecular flexibility index (Phi) is 6.09. The number of benzene rings is 2. The Morgan fingerprint density at radius 3 is 2.33 bits per heavy atom. The van der Waals surface area contributed by atoms with Gasteiger partial charge in [0.2, 0.25) is 5.91 Å². The summed E-state index contributed by atoms with van der Waals surface area (Å²) >= 11 is 0. The first-order valence-corrected chi connectivity index (χ1v) is 7.68. The summed E-state index contributed by atoms with van der Waals surface area (Å²) < 4.78 is 0. The summed E-state index contributed by atoms with van der Waals surface area (Å²) in [6, 6.07) is 17.8. The zero-order valence-electron chi connectivity index (χ0n) is 13.5. The molecule has 0 fully saturated rings. The second kappa shape index (κ2) is 8.49. The van der Waals surface area contributed by atoms with Gasteiger partial charge in [-0.15, -0.1) is 0 Å². The highest BCUT2D eigenvalue weighted by Gasteiger charge is 2.17. The van der Waals surface area contributed by atoms with Gasteiger partial charge in [0.1, 0.15) is 0 Å². The van der Waals surface area contributed by atoms with E-state index in [1.54, 1.807) is 43.4 Å². The summed E-state index contributed by atoms with van der Waals surface area (Å²) in [4.78, 5) is 24.1. The summed E-state index contributed by atoms with van der Waals surface area (Å²) in [5, 5.41) is 14.3. The molecule has 0 radical (unpaired) electrons. The molecule has 2 amide bonds. The molecule has 0 saturated carbocycles. The van der Waals surface area contributed by atoms with Crippen molar-refractivity contribution in [3.05, 3.63) is 71.3 Å². The highest BCUT2D eigenvalue weighted by molar-refractivity contribution is 5.94. The van der Waals surface area contributed by atoms with Crippen LogP contribution in [0, 0.1) is 11.3 Å². The quantitative estimate of drug-likeness (QED) is 0.854. The molecule has 0 aliphatic rings. The number of nitrogens with one attached hydrogen (secondary N) is 2. The SMILES string of the molecule is CNC(=O)CC(Cc1ccc(C#N)cc1)NC(=O)c1ccccc1. The Morgan fingerprint density at radius 2 is 1.75 bits per heavy atom. The molecule has 1 unspecified atom stereocenters. The third-order valence-electron chi connectivity index (χ3n) is 3.65. The normalized spacial score (nSPS) is 11.2. The minimum atomic E-state index is -0.328. The predicted octanol–water partition coefficient (Wildman–Crippen LogP) is 2.04. The number of amides is 2. The molecule has 122 valence electrons. The van der Waals surface area contributed by atoms with E-state index in [1.807, 2.05) is 18.2 Å². The minimum Gasteiger partial charge on any atom is -0.359 e. The third kappa shape index (κ3) is 4.96. The van der Waals surface area contributed by atoms with Crippen molar-refractivity contribution in [3.8, 4) is 6.07 Å². The van der Waals surface area contributed by atoms with Gasteiger partial charge in [0.05, 0.1) is 11.6 Å². The lowest BCUT2D eigenvalue weighted by Crippen LogP contribution is -2.40. The Labute approximate surface area is 141 Å². The van der Waals surface area contributed by atoms with Gasteiger partial charge < -0.3 is 10.6 Å². The summed E-state index contributed by atoms with van der Waals surface area (Å²) in [5.74, 6) is -0.347. The second-order valence-corrected chi connectivity index (χ2v) is 5.43. The minimum absolute atomic E-state index is 0.137. The van der Waals surface area contributed by atoms with Crippen molar-refractivity contribution in [3.63, 3.8) is 0 Å². The van der Waals surface area contributed by atoms with Crippen molar-refractivity contribution < 1.29 is 9.59 Å². The number of rotatable bonds is 6. The van der Waals surface area contributed by atoms with Crippen LogP contribution in [0.25, 0.3) is 0 Å². The maximum absolute atomic E-state index is 12.3. The summed E-state index contributed by atoms with van der Waals surface area (Å²) in [6.45, 7) is 0. The molecule has 0 aliphatic carbocycles. The maximum Gasteiger partial charge on any atom is 0.251 e. The van der Waals surface area contributed by atoms with Crippen LogP contribution in [0.3, 0.4) is 0 Å². The zero-order valence-corrected chi connectivity index (χ0v) is 13.5. The fourth-order valence-electron chi connectivity index (χ4n) is 2.36. The van der Waals surface area contributed by atoms with Gasteiger partial charge in [-0.1, -0.05) is 30.3 Å². The first-order valence-electron chi connectivity index (χ1n) is 7.68. The number of carbonyl (C=O) groups is 2. The monoisotopic (exact) mass is 321 g/mol. The number of carbonyl (C=O) groups excluding carboxylic acids is 2. The van der Waals surface area contributed by atoms with Crippen LogP contribution in [0.4, 0.5) is 0 Å². The fourth-order valence-corrected chi connectivity index (χ4v) is 2.36. The predicted molar refractivity (Wildman–Crippen MR) is 91.2 cm³/mol. The van der Waals surface area contributed by atoms with Gasteiger partial charge in [-0.25, -0.2) is 0 Å². The fraction of sp³-hybridized carbons (Fsp3) is 0.211. The lowest BCUT2D eigenvalue weighted by atomic mass is 10.0. The third-order valence-corrected chi connectivity index (χ3v) is 3.65. The average Bonchev–Trinajstić information content (AvgIpc) is 2.62. The topological polar surface area (TPSA) is 82.0 Å². The Hall–Kier alpha value is -3.13. The molecule has 24 heavy (non-hydrogen) atoms. The molecule has 0 bridgehead atoms. The van der Waals surface area contributed by atoms with E-state index in [0.29, 0.717) is 17.5 Å². The molecule has 1 atom stereocenters. The molecule has 0 spiro atoms. The van der Waals surface area contributed by atoms with E-state index in [-0.39, 0.29) is 24.3 Å². The largest absolute Gasteiger partial charge is 0.359 e. The van der Waals surface area contributed by atoms with Crippen LogP contribution in [0.15, 0.2) is 54.6 Å². The molecular formula is C19H19N3O2. The van der Waals surface area contributed by atoms with Crippen molar-refractivity contribution in [1.82, 2.24) is 10.6 Å². The molecule has 0 aromatic heterocycles. The van der Waals surface area contributed by atoms with E-state index in [2.05, 4.69) is 16.7 Å². The van der Waals surface area contributed by atoms with Crippen LogP contribution in [0.2, 0.25) is 0 Å².